The van der Waals surface area contributed by atoms with Crippen molar-refractivity contribution in [3.05, 3.63) is 69.4 Å². The van der Waals surface area contributed by atoms with E-state index in [2.05, 4.69) is 0 Å². The number of sulfone groups is 1. The number of nitrogen functional groups attached to an aromatic ring is 1. The fourth-order valence-electron chi connectivity index (χ4n) is 2.52. The lowest BCUT2D eigenvalue weighted by Gasteiger charge is -2.09. The molecule has 1 heterocycles. The van der Waals surface area contributed by atoms with Gasteiger partial charge in [-0.05, 0) is 41.8 Å². The highest BCUT2D eigenvalue weighted by molar-refractivity contribution is 7.91. The van der Waals surface area contributed by atoms with Gasteiger partial charge in [0.1, 0.15) is 15.1 Å². The van der Waals surface area contributed by atoms with Crippen LogP contribution < -0.4 is 5.73 Å². The minimum Gasteiger partial charge on any atom is -0.383 e. The molecule has 3 N–H and O–H groups in total. The summed E-state index contributed by atoms with van der Waals surface area (Å²) in [6, 6.07) is 15.9. The molecule has 0 aliphatic heterocycles. The Morgan fingerprint density at radius 1 is 1.12 bits per heavy atom. The summed E-state index contributed by atoms with van der Waals surface area (Å²) in [6.45, 7) is 1.98. The van der Waals surface area contributed by atoms with Crippen molar-refractivity contribution in [3.8, 4) is 11.1 Å². The summed E-state index contributed by atoms with van der Waals surface area (Å²) in [5.41, 5.74) is 8.28. The van der Waals surface area contributed by atoms with Crippen LogP contribution in [-0.4, -0.2) is 14.3 Å². The molecule has 4 nitrogen and oxygen atoms in total. The van der Waals surface area contributed by atoms with E-state index in [0.717, 1.165) is 28.0 Å². The van der Waals surface area contributed by atoms with E-state index in [1.54, 1.807) is 18.2 Å². The summed E-state index contributed by atoms with van der Waals surface area (Å²) in [4.78, 5) is 0.466. The smallest absolute Gasteiger partial charge is 0.208 e. The van der Waals surface area contributed by atoms with Crippen molar-refractivity contribution in [1.29, 1.82) is 5.41 Å². The summed E-state index contributed by atoms with van der Waals surface area (Å²) in [5.74, 6) is -0.206. The second-order valence-electron chi connectivity index (χ2n) is 5.51. The first-order valence-electron chi connectivity index (χ1n) is 7.35. The number of amidine groups is 1. The summed E-state index contributed by atoms with van der Waals surface area (Å²) in [5, 5.41) is 7.46. The van der Waals surface area contributed by atoms with Crippen molar-refractivity contribution in [1.82, 2.24) is 0 Å². The van der Waals surface area contributed by atoms with Gasteiger partial charge >= 0.3 is 0 Å². The molecule has 0 saturated carbocycles. The van der Waals surface area contributed by atoms with Gasteiger partial charge in [-0.2, -0.15) is 0 Å². The fourth-order valence-corrected chi connectivity index (χ4v) is 5.58. The quantitative estimate of drug-likeness (QED) is 0.508. The summed E-state index contributed by atoms with van der Waals surface area (Å²) in [6.07, 6.45) is 0. The van der Waals surface area contributed by atoms with E-state index in [-0.39, 0.29) is 20.0 Å². The van der Waals surface area contributed by atoms with Gasteiger partial charge in [-0.1, -0.05) is 48.0 Å². The van der Waals surface area contributed by atoms with Gasteiger partial charge in [-0.15, -0.1) is 11.3 Å². The minimum atomic E-state index is -3.80. The van der Waals surface area contributed by atoms with E-state index in [1.165, 1.54) is 6.07 Å². The Kier molecular flexibility index (Phi) is 4.69. The molecule has 3 aromatic rings. The predicted octanol–water partition coefficient (Wildman–Crippen LogP) is 4.49. The maximum absolute atomic E-state index is 13.0. The fraction of sp³-hybridized carbons (Fsp3) is 0.0556. The first-order valence-corrected chi connectivity index (χ1v) is 10.0. The highest BCUT2D eigenvalue weighted by Gasteiger charge is 2.24. The number of nitrogens with one attached hydrogen (secondary N) is 1. The maximum atomic E-state index is 13.0. The molecule has 0 radical (unpaired) electrons. The normalized spacial score (nSPS) is 11.4. The molecule has 25 heavy (non-hydrogen) atoms. The van der Waals surface area contributed by atoms with Crippen LogP contribution in [0.4, 0.5) is 0 Å². The number of hydrogen-bond donors (Lipinski definition) is 2. The Balaban J connectivity index is 2.12. The van der Waals surface area contributed by atoms with Crippen molar-refractivity contribution in [2.24, 2.45) is 5.73 Å². The number of hydrogen-bond acceptors (Lipinski definition) is 4. The zero-order valence-corrected chi connectivity index (χ0v) is 15.7. The molecule has 7 heteroatoms. The number of halogens is 1. The molecule has 0 amide bonds. The molecular formula is C18H15ClN2O2S2. The van der Waals surface area contributed by atoms with Crippen molar-refractivity contribution < 1.29 is 8.42 Å². The highest BCUT2D eigenvalue weighted by atomic mass is 35.5. The Morgan fingerprint density at radius 2 is 1.84 bits per heavy atom. The molecule has 128 valence electrons. The van der Waals surface area contributed by atoms with Gasteiger partial charge in [-0.25, -0.2) is 8.42 Å². The number of rotatable bonds is 4. The topological polar surface area (TPSA) is 84.0 Å². The maximum Gasteiger partial charge on any atom is 0.208 e. The molecule has 0 saturated heterocycles. The van der Waals surface area contributed by atoms with Gasteiger partial charge in [0.05, 0.1) is 9.77 Å². The van der Waals surface area contributed by atoms with E-state index in [9.17, 15) is 8.42 Å². The number of aryl methyl sites for hydroxylation is 1. The number of nitrogens with two attached hydrogens (primary N) is 1. The lowest BCUT2D eigenvalue weighted by Crippen LogP contribution is -2.08. The van der Waals surface area contributed by atoms with Gasteiger partial charge < -0.3 is 5.73 Å². The lowest BCUT2D eigenvalue weighted by atomic mass is 10.0. The molecule has 0 unspecified atom stereocenters. The molecular weight excluding hydrogens is 376 g/mol. The standard InChI is InChI=1S/C18H15ClN2O2S2/c1-11-5-2-3-8-14(11)12-6-4-7-13(9-12)25(22,23)16-10-15(18(20)21)24-17(16)19/h2-10H,1H3,(H3,20,21). The van der Waals surface area contributed by atoms with Crippen LogP contribution in [0, 0.1) is 12.3 Å². The summed E-state index contributed by atoms with van der Waals surface area (Å²) < 4.78 is 26.0. The van der Waals surface area contributed by atoms with Crippen LogP contribution in [0.1, 0.15) is 10.4 Å². The Hall–Kier alpha value is -2.15. The monoisotopic (exact) mass is 390 g/mol. The van der Waals surface area contributed by atoms with Crippen LogP contribution in [0.5, 0.6) is 0 Å². The predicted molar refractivity (Wildman–Crippen MR) is 102 cm³/mol. The molecule has 0 fully saturated rings. The molecule has 0 spiro atoms. The van der Waals surface area contributed by atoms with E-state index in [0.29, 0.717) is 4.88 Å². The second-order valence-corrected chi connectivity index (χ2v) is 9.08. The lowest BCUT2D eigenvalue weighted by molar-refractivity contribution is 0.596. The molecule has 0 bridgehead atoms. The Morgan fingerprint density at radius 3 is 2.48 bits per heavy atom. The average molecular weight is 391 g/mol. The molecule has 0 atom stereocenters. The summed E-state index contributed by atoms with van der Waals surface area (Å²) >= 11 is 7.08. The van der Waals surface area contributed by atoms with E-state index in [4.69, 9.17) is 22.7 Å². The van der Waals surface area contributed by atoms with Crippen molar-refractivity contribution in [2.75, 3.05) is 0 Å². The van der Waals surface area contributed by atoms with Crippen LogP contribution in [0.25, 0.3) is 11.1 Å². The SMILES string of the molecule is Cc1ccccc1-c1cccc(S(=O)(=O)c2cc(C(=N)N)sc2Cl)c1. The van der Waals surface area contributed by atoms with Gasteiger partial charge in [0.2, 0.25) is 9.84 Å². The third-order valence-electron chi connectivity index (χ3n) is 3.81. The zero-order chi connectivity index (χ0) is 18.2. The van der Waals surface area contributed by atoms with Crippen molar-refractivity contribution in [2.45, 2.75) is 16.7 Å². The second kappa shape index (κ2) is 6.63. The van der Waals surface area contributed by atoms with Gasteiger partial charge in [-0.3, -0.25) is 5.41 Å². The van der Waals surface area contributed by atoms with E-state index in [1.807, 2.05) is 37.3 Å². The minimum absolute atomic E-state index is 0.0219. The third kappa shape index (κ3) is 3.33. The average Bonchev–Trinajstić information content (AvgIpc) is 2.98. The molecule has 1 aromatic heterocycles. The number of thiophene rings is 1. The molecule has 3 rings (SSSR count). The Labute approximate surface area is 155 Å². The van der Waals surface area contributed by atoms with Gasteiger partial charge in [0.25, 0.3) is 0 Å². The van der Waals surface area contributed by atoms with Crippen LogP contribution in [0.2, 0.25) is 4.34 Å². The van der Waals surface area contributed by atoms with Crippen LogP contribution in [-0.2, 0) is 9.84 Å². The number of benzene rings is 2. The van der Waals surface area contributed by atoms with Crippen molar-refractivity contribution in [3.63, 3.8) is 0 Å². The zero-order valence-electron chi connectivity index (χ0n) is 13.3. The highest BCUT2D eigenvalue weighted by Crippen LogP contribution is 2.36. The molecule has 2 aromatic carbocycles. The van der Waals surface area contributed by atoms with Gasteiger partial charge in [0, 0.05) is 0 Å². The summed E-state index contributed by atoms with van der Waals surface area (Å²) in [7, 11) is -3.80. The van der Waals surface area contributed by atoms with Crippen LogP contribution >= 0.6 is 22.9 Å². The first kappa shape index (κ1) is 17.7. The largest absolute Gasteiger partial charge is 0.383 e. The van der Waals surface area contributed by atoms with Gasteiger partial charge in [0.15, 0.2) is 0 Å². The van der Waals surface area contributed by atoms with Crippen LogP contribution in [0.15, 0.2) is 64.4 Å². The first-order chi connectivity index (χ1) is 11.8. The van der Waals surface area contributed by atoms with Crippen LogP contribution in [0.3, 0.4) is 0 Å². The molecule has 0 aliphatic carbocycles. The van der Waals surface area contributed by atoms with Crippen molar-refractivity contribution >= 4 is 38.6 Å². The van der Waals surface area contributed by atoms with E-state index >= 15 is 0 Å². The molecule has 0 aliphatic rings. The Bertz CT molecular complexity index is 1070. The van der Waals surface area contributed by atoms with E-state index < -0.39 is 9.84 Å². The third-order valence-corrected chi connectivity index (χ3v) is 7.22.